The van der Waals surface area contributed by atoms with Crippen LogP contribution in [0.3, 0.4) is 0 Å². The summed E-state index contributed by atoms with van der Waals surface area (Å²) in [7, 11) is -3.84. The highest BCUT2D eigenvalue weighted by atomic mass is 32.2. The summed E-state index contributed by atoms with van der Waals surface area (Å²) in [5.74, 6) is 0.922. The number of fused-ring (bicyclic) bond motifs is 1. The molecule has 1 atom stereocenters. The van der Waals surface area contributed by atoms with E-state index in [1.165, 1.54) is 18.4 Å². The fourth-order valence-corrected chi connectivity index (χ4v) is 4.25. The molecule has 0 saturated carbocycles. The zero-order valence-electron chi connectivity index (χ0n) is 15.5. The minimum absolute atomic E-state index is 0.0816. The summed E-state index contributed by atoms with van der Waals surface area (Å²) in [6.45, 7) is 5.98. The van der Waals surface area contributed by atoms with Gasteiger partial charge in [0.15, 0.2) is 21.3 Å². The van der Waals surface area contributed by atoms with Crippen molar-refractivity contribution in [2.45, 2.75) is 30.9 Å². The summed E-state index contributed by atoms with van der Waals surface area (Å²) in [6.07, 6.45) is 1.41. The molecule has 146 valence electrons. The van der Waals surface area contributed by atoms with Gasteiger partial charge >= 0.3 is 0 Å². The molecule has 2 aromatic rings. The summed E-state index contributed by atoms with van der Waals surface area (Å²) in [6, 6.07) is 7.71. The monoisotopic (exact) mass is 393 g/mol. The number of carbonyl (C=O) groups excluding carboxylic acids is 1. The maximum absolute atomic E-state index is 13.3. The number of furan rings is 1. The molecule has 2 heterocycles. The fraction of sp³-hybridized carbons (Fsp3) is 0.421. The molecule has 0 radical (unpaired) electrons. The average Bonchev–Trinajstić information content (AvgIpc) is 3.14. The number of rotatable bonds is 5. The van der Waals surface area contributed by atoms with E-state index in [2.05, 4.69) is 5.32 Å². The topological polar surface area (TPSA) is 94.8 Å². The molecule has 0 aliphatic carbocycles. The second-order valence-corrected chi connectivity index (χ2v) is 9.45. The van der Waals surface area contributed by atoms with Crippen molar-refractivity contribution in [2.24, 2.45) is 5.41 Å². The summed E-state index contributed by atoms with van der Waals surface area (Å²) >= 11 is 0. The molecular weight excluding hydrogens is 370 g/mol. The average molecular weight is 393 g/mol. The lowest BCUT2D eigenvalue weighted by molar-refractivity contribution is -0.128. The molecule has 8 heteroatoms. The van der Waals surface area contributed by atoms with Crippen LogP contribution in [0, 0.1) is 5.41 Å². The molecule has 1 N–H and O–H groups in total. The third kappa shape index (κ3) is 4.10. The van der Waals surface area contributed by atoms with Crippen molar-refractivity contribution in [1.82, 2.24) is 5.32 Å². The quantitative estimate of drug-likeness (QED) is 0.839. The molecular formula is C19H23NO6S. The molecule has 7 nitrogen and oxygen atoms in total. The van der Waals surface area contributed by atoms with Crippen LogP contribution in [-0.2, 0) is 14.6 Å². The molecule has 1 aliphatic heterocycles. The number of amides is 1. The third-order valence-corrected chi connectivity index (χ3v) is 6.27. The van der Waals surface area contributed by atoms with E-state index in [1.807, 2.05) is 0 Å². The Balaban J connectivity index is 1.92. The molecule has 0 fully saturated rings. The van der Waals surface area contributed by atoms with E-state index < -0.39 is 20.5 Å². The highest BCUT2D eigenvalue weighted by Gasteiger charge is 2.34. The summed E-state index contributed by atoms with van der Waals surface area (Å²) in [5, 5.41) is 1.66. The number of nitrogens with one attached hydrogen (secondary N) is 1. The number of sulfone groups is 1. The van der Waals surface area contributed by atoms with Crippen LogP contribution >= 0.6 is 0 Å². The smallest absolute Gasteiger partial charge is 0.225 e. The van der Waals surface area contributed by atoms with Crippen molar-refractivity contribution in [2.75, 3.05) is 19.8 Å². The van der Waals surface area contributed by atoms with Gasteiger partial charge in [-0.25, -0.2) is 8.42 Å². The van der Waals surface area contributed by atoms with Crippen molar-refractivity contribution in [3.05, 3.63) is 42.4 Å². The Kier molecular flexibility index (Phi) is 5.19. The van der Waals surface area contributed by atoms with Crippen LogP contribution in [0.25, 0.3) is 0 Å². The van der Waals surface area contributed by atoms with E-state index in [9.17, 15) is 13.2 Å². The van der Waals surface area contributed by atoms with Gasteiger partial charge < -0.3 is 19.2 Å². The zero-order valence-corrected chi connectivity index (χ0v) is 16.3. The maximum atomic E-state index is 13.3. The highest BCUT2D eigenvalue weighted by Crippen LogP contribution is 2.36. The summed E-state index contributed by atoms with van der Waals surface area (Å²) in [5.41, 5.74) is -0.630. The van der Waals surface area contributed by atoms with Crippen LogP contribution in [-0.4, -0.2) is 34.1 Å². The number of benzene rings is 1. The minimum Gasteiger partial charge on any atom is -0.486 e. The van der Waals surface area contributed by atoms with Crippen molar-refractivity contribution < 1.29 is 27.1 Å². The molecule has 27 heavy (non-hydrogen) atoms. The largest absolute Gasteiger partial charge is 0.486 e. The van der Waals surface area contributed by atoms with E-state index in [0.717, 1.165) is 0 Å². The Bertz CT molecular complexity index is 912. The van der Waals surface area contributed by atoms with Crippen molar-refractivity contribution in [3.63, 3.8) is 0 Å². The van der Waals surface area contributed by atoms with Gasteiger partial charge in [-0.1, -0.05) is 20.8 Å². The lowest BCUT2D eigenvalue weighted by Crippen LogP contribution is -2.38. The molecule has 0 saturated heterocycles. The molecule has 0 unspecified atom stereocenters. The van der Waals surface area contributed by atoms with Crippen molar-refractivity contribution in [3.8, 4) is 11.5 Å². The Labute approximate surface area is 158 Å². The van der Waals surface area contributed by atoms with E-state index in [4.69, 9.17) is 13.9 Å². The second-order valence-electron chi connectivity index (χ2n) is 7.31. The number of carbonyl (C=O) groups is 1. The summed E-state index contributed by atoms with van der Waals surface area (Å²) < 4.78 is 42.8. The van der Waals surface area contributed by atoms with Gasteiger partial charge in [-0.05, 0) is 24.3 Å². The number of ether oxygens (including phenoxy) is 2. The SMILES string of the molecule is CC(C)(C)C(=O)NC[C@H](c1ccco1)S(=O)(=O)c1ccc2c(c1)OCCO2. The van der Waals surface area contributed by atoms with E-state index in [-0.39, 0.29) is 23.1 Å². The Hall–Kier alpha value is -2.48. The minimum atomic E-state index is -3.84. The van der Waals surface area contributed by atoms with E-state index in [1.54, 1.807) is 39.0 Å². The fourth-order valence-electron chi connectivity index (χ4n) is 2.65. The summed E-state index contributed by atoms with van der Waals surface area (Å²) in [4.78, 5) is 12.3. The second kappa shape index (κ2) is 7.26. The number of hydrogen-bond acceptors (Lipinski definition) is 6. The van der Waals surface area contributed by atoms with Crippen LogP contribution in [0.2, 0.25) is 0 Å². The molecule has 1 amide bonds. The van der Waals surface area contributed by atoms with Gasteiger partial charge in [0.1, 0.15) is 24.2 Å². The lowest BCUT2D eigenvalue weighted by Gasteiger charge is -2.22. The Morgan fingerprint density at radius 3 is 2.48 bits per heavy atom. The van der Waals surface area contributed by atoms with Gasteiger partial charge in [-0.15, -0.1) is 0 Å². The van der Waals surface area contributed by atoms with Gasteiger partial charge in [0.25, 0.3) is 0 Å². The predicted octanol–water partition coefficient (Wildman–Crippen LogP) is 2.73. The van der Waals surface area contributed by atoms with Gasteiger partial charge in [0, 0.05) is 18.0 Å². The first-order chi connectivity index (χ1) is 12.7. The van der Waals surface area contributed by atoms with Gasteiger partial charge in [-0.2, -0.15) is 0 Å². The molecule has 3 rings (SSSR count). The van der Waals surface area contributed by atoms with Gasteiger partial charge in [0.05, 0.1) is 11.2 Å². The van der Waals surface area contributed by atoms with Crippen LogP contribution in [0.1, 0.15) is 31.8 Å². The first-order valence-electron chi connectivity index (χ1n) is 8.65. The van der Waals surface area contributed by atoms with Crippen LogP contribution < -0.4 is 14.8 Å². The lowest BCUT2D eigenvalue weighted by atomic mass is 9.96. The van der Waals surface area contributed by atoms with Crippen LogP contribution in [0.4, 0.5) is 0 Å². The van der Waals surface area contributed by atoms with Gasteiger partial charge in [-0.3, -0.25) is 4.79 Å². The van der Waals surface area contributed by atoms with E-state index >= 15 is 0 Å². The molecule has 0 bridgehead atoms. The Morgan fingerprint density at radius 2 is 1.85 bits per heavy atom. The molecule has 0 spiro atoms. The normalized spacial score (nSPS) is 15.2. The first-order valence-corrected chi connectivity index (χ1v) is 10.2. The molecule has 1 aromatic heterocycles. The highest BCUT2D eigenvalue weighted by molar-refractivity contribution is 7.91. The standard InChI is InChI=1S/C19H23NO6S/c1-19(2,3)18(21)20-12-17(15-5-4-8-24-15)27(22,23)13-6-7-14-16(11-13)26-10-9-25-14/h4-8,11,17H,9-10,12H2,1-3H3,(H,20,21)/t17-/m1/s1. The maximum Gasteiger partial charge on any atom is 0.225 e. The molecule has 1 aromatic carbocycles. The van der Waals surface area contributed by atoms with Crippen molar-refractivity contribution >= 4 is 15.7 Å². The Morgan fingerprint density at radius 1 is 1.15 bits per heavy atom. The third-order valence-electron chi connectivity index (χ3n) is 4.21. The van der Waals surface area contributed by atoms with Gasteiger partial charge in [0.2, 0.25) is 5.91 Å². The van der Waals surface area contributed by atoms with Crippen LogP contribution in [0.5, 0.6) is 11.5 Å². The number of hydrogen-bond donors (Lipinski definition) is 1. The van der Waals surface area contributed by atoms with Crippen molar-refractivity contribution in [1.29, 1.82) is 0 Å². The predicted molar refractivity (Wildman–Crippen MR) is 98.5 cm³/mol. The molecule has 1 aliphatic rings. The van der Waals surface area contributed by atoms with Crippen LogP contribution in [0.15, 0.2) is 45.9 Å². The zero-order chi connectivity index (χ0) is 19.7. The van der Waals surface area contributed by atoms with E-state index in [0.29, 0.717) is 24.7 Å². The first kappa shape index (κ1) is 19.3.